The molecular weight excluding hydrogens is 293 g/mol. The van der Waals surface area contributed by atoms with Crippen LogP contribution in [0.2, 0.25) is 0 Å². The molecule has 7 heteroatoms. The predicted molar refractivity (Wildman–Crippen MR) is 75.0 cm³/mol. The highest BCUT2D eigenvalue weighted by molar-refractivity contribution is 5.82. The number of nitrogens with one attached hydrogen (secondary N) is 1. The van der Waals surface area contributed by atoms with Crippen LogP contribution in [0.5, 0.6) is 5.75 Å². The molecule has 0 bridgehead atoms. The van der Waals surface area contributed by atoms with Crippen molar-refractivity contribution in [3.05, 3.63) is 30.1 Å². The van der Waals surface area contributed by atoms with Gasteiger partial charge in [-0.2, -0.15) is 0 Å². The fraction of sp³-hybridized carbons (Fsp3) is 0.467. The minimum Gasteiger partial charge on any atom is -0.489 e. The van der Waals surface area contributed by atoms with Crippen molar-refractivity contribution in [3.63, 3.8) is 0 Å². The maximum atomic E-state index is 13.0. The first-order chi connectivity index (χ1) is 10.5. The minimum atomic E-state index is -1.06. The molecule has 1 aliphatic heterocycles. The van der Waals surface area contributed by atoms with Gasteiger partial charge >= 0.3 is 5.97 Å². The molecule has 0 aliphatic carbocycles. The van der Waals surface area contributed by atoms with Gasteiger partial charge in [0.25, 0.3) is 0 Å². The number of ether oxygens (including phenoxy) is 2. The molecular formula is C15H18FNO5. The van der Waals surface area contributed by atoms with Crippen LogP contribution in [-0.2, 0) is 14.3 Å². The second kappa shape index (κ2) is 7.22. The normalized spacial score (nSPS) is 22.1. The number of aliphatic carboxylic acids is 1. The first-order valence-corrected chi connectivity index (χ1v) is 7.04. The summed E-state index contributed by atoms with van der Waals surface area (Å²) in [5.74, 6) is -1.44. The molecule has 1 aromatic rings. The van der Waals surface area contributed by atoms with Crippen LogP contribution in [0.1, 0.15) is 19.8 Å². The van der Waals surface area contributed by atoms with E-state index in [1.165, 1.54) is 18.2 Å². The SMILES string of the molecule is CC(CNC(=O)[C@@H]1CC[C@H](C(=O)O)O1)Oc1cccc(F)c1. The standard InChI is InChI=1S/C15H18FNO5/c1-9(21-11-4-2-3-10(16)7-11)8-17-14(18)12-5-6-13(22-12)15(19)20/h2-4,7,9,12-13H,5-6,8H2,1H3,(H,17,18)(H,19,20)/t9?,12-,13+/m0/s1. The summed E-state index contributed by atoms with van der Waals surface area (Å²) in [7, 11) is 0. The summed E-state index contributed by atoms with van der Waals surface area (Å²) in [6, 6.07) is 5.73. The third-order valence-electron chi connectivity index (χ3n) is 3.28. The first kappa shape index (κ1) is 16.2. The molecule has 22 heavy (non-hydrogen) atoms. The van der Waals surface area contributed by atoms with Crippen LogP contribution >= 0.6 is 0 Å². The molecule has 6 nitrogen and oxygen atoms in total. The summed E-state index contributed by atoms with van der Waals surface area (Å²) < 4.78 is 23.7. The molecule has 1 saturated heterocycles. The van der Waals surface area contributed by atoms with E-state index < -0.39 is 24.0 Å². The lowest BCUT2D eigenvalue weighted by atomic mass is 10.2. The third-order valence-corrected chi connectivity index (χ3v) is 3.28. The van der Waals surface area contributed by atoms with Gasteiger partial charge in [-0.1, -0.05) is 6.07 Å². The number of carboxylic acid groups (broad SMARTS) is 1. The number of rotatable bonds is 6. The molecule has 1 fully saturated rings. The lowest BCUT2D eigenvalue weighted by Gasteiger charge is -2.17. The Morgan fingerprint density at radius 1 is 1.45 bits per heavy atom. The molecule has 1 aromatic carbocycles. The largest absolute Gasteiger partial charge is 0.489 e. The molecule has 0 spiro atoms. The van der Waals surface area contributed by atoms with Crippen LogP contribution in [-0.4, -0.2) is 41.8 Å². The monoisotopic (exact) mass is 311 g/mol. The fourth-order valence-electron chi connectivity index (χ4n) is 2.18. The molecule has 0 saturated carbocycles. The van der Waals surface area contributed by atoms with E-state index in [1.54, 1.807) is 13.0 Å². The predicted octanol–water partition coefficient (Wildman–Crippen LogP) is 1.34. The molecule has 0 radical (unpaired) electrons. The number of carbonyl (C=O) groups is 2. The molecule has 3 atom stereocenters. The molecule has 120 valence electrons. The number of amides is 1. The van der Waals surface area contributed by atoms with Crippen LogP contribution < -0.4 is 10.1 Å². The Hall–Kier alpha value is -2.15. The number of halogens is 1. The number of carboxylic acids is 1. The van der Waals surface area contributed by atoms with E-state index in [9.17, 15) is 14.0 Å². The van der Waals surface area contributed by atoms with Crippen molar-refractivity contribution in [3.8, 4) is 5.75 Å². The second-order valence-corrected chi connectivity index (χ2v) is 5.16. The number of hydrogen-bond acceptors (Lipinski definition) is 4. The molecule has 1 aliphatic rings. The smallest absolute Gasteiger partial charge is 0.332 e. The maximum absolute atomic E-state index is 13.0. The zero-order valence-corrected chi connectivity index (χ0v) is 12.1. The van der Waals surface area contributed by atoms with Gasteiger partial charge in [-0.15, -0.1) is 0 Å². The van der Waals surface area contributed by atoms with Crippen LogP contribution in [0, 0.1) is 5.82 Å². The van der Waals surface area contributed by atoms with Crippen LogP contribution in [0.4, 0.5) is 4.39 Å². The van der Waals surface area contributed by atoms with E-state index in [-0.39, 0.29) is 18.6 Å². The van der Waals surface area contributed by atoms with Gasteiger partial charge in [-0.3, -0.25) is 4.79 Å². The fourth-order valence-corrected chi connectivity index (χ4v) is 2.18. The van der Waals surface area contributed by atoms with Crippen molar-refractivity contribution in [1.29, 1.82) is 0 Å². The zero-order chi connectivity index (χ0) is 16.1. The summed E-state index contributed by atoms with van der Waals surface area (Å²) in [4.78, 5) is 22.6. The summed E-state index contributed by atoms with van der Waals surface area (Å²) in [6.07, 6.45) is -1.33. The Morgan fingerprint density at radius 3 is 2.82 bits per heavy atom. The number of benzene rings is 1. The Bertz CT molecular complexity index is 550. The van der Waals surface area contributed by atoms with Crippen molar-refractivity contribution in [2.24, 2.45) is 0 Å². The Labute approximate surface area is 127 Å². The highest BCUT2D eigenvalue weighted by Gasteiger charge is 2.34. The number of hydrogen-bond donors (Lipinski definition) is 2. The lowest BCUT2D eigenvalue weighted by molar-refractivity contribution is -0.151. The average molecular weight is 311 g/mol. The summed E-state index contributed by atoms with van der Waals surface area (Å²) >= 11 is 0. The van der Waals surface area contributed by atoms with Gasteiger partial charge in [0.15, 0.2) is 6.10 Å². The molecule has 2 N–H and O–H groups in total. The first-order valence-electron chi connectivity index (χ1n) is 7.04. The average Bonchev–Trinajstić information content (AvgIpc) is 2.95. The quantitative estimate of drug-likeness (QED) is 0.828. The third kappa shape index (κ3) is 4.42. The highest BCUT2D eigenvalue weighted by Crippen LogP contribution is 2.20. The van der Waals surface area contributed by atoms with Crippen molar-refractivity contribution in [1.82, 2.24) is 5.32 Å². The van der Waals surface area contributed by atoms with Crippen LogP contribution in [0.15, 0.2) is 24.3 Å². The van der Waals surface area contributed by atoms with Gasteiger partial charge in [0.05, 0.1) is 6.54 Å². The van der Waals surface area contributed by atoms with Crippen molar-refractivity contribution in [2.45, 2.75) is 38.1 Å². The van der Waals surface area contributed by atoms with E-state index in [1.807, 2.05) is 0 Å². The summed E-state index contributed by atoms with van der Waals surface area (Å²) in [5.41, 5.74) is 0. The Morgan fingerprint density at radius 2 is 2.18 bits per heavy atom. The topological polar surface area (TPSA) is 84.9 Å². The van der Waals surface area contributed by atoms with Crippen molar-refractivity contribution in [2.75, 3.05) is 6.54 Å². The summed E-state index contributed by atoms with van der Waals surface area (Å²) in [5, 5.41) is 11.5. The van der Waals surface area contributed by atoms with Crippen molar-refractivity contribution >= 4 is 11.9 Å². The molecule has 1 heterocycles. The molecule has 0 aromatic heterocycles. The molecule has 2 rings (SSSR count). The van der Waals surface area contributed by atoms with E-state index in [0.29, 0.717) is 18.6 Å². The zero-order valence-electron chi connectivity index (χ0n) is 12.1. The van der Waals surface area contributed by atoms with E-state index >= 15 is 0 Å². The second-order valence-electron chi connectivity index (χ2n) is 5.16. The van der Waals surface area contributed by atoms with Crippen molar-refractivity contribution < 1.29 is 28.6 Å². The van der Waals surface area contributed by atoms with Gasteiger partial charge in [0.2, 0.25) is 5.91 Å². The van der Waals surface area contributed by atoms with Gasteiger partial charge in [0.1, 0.15) is 23.8 Å². The van der Waals surface area contributed by atoms with Gasteiger partial charge < -0.3 is 19.9 Å². The van der Waals surface area contributed by atoms with Crippen LogP contribution in [0.25, 0.3) is 0 Å². The highest BCUT2D eigenvalue weighted by atomic mass is 19.1. The molecule has 1 amide bonds. The van der Waals surface area contributed by atoms with Gasteiger partial charge in [-0.05, 0) is 31.9 Å². The number of carbonyl (C=O) groups excluding carboxylic acids is 1. The Kier molecular flexibility index (Phi) is 5.32. The maximum Gasteiger partial charge on any atom is 0.332 e. The van der Waals surface area contributed by atoms with Gasteiger partial charge in [-0.25, -0.2) is 9.18 Å². The van der Waals surface area contributed by atoms with E-state index in [0.717, 1.165) is 0 Å². The van der Waals surface area contributed by atoms with E-state index in [2.05, 4.69) is 5.32 Å². The van der Waals surface area contributed by atoms with Crippen LogP contribution in [0.3, 0.4) is 0 Å². The minimum absolute atomic E-state index is 0.215. The van der Waals surface area contributed by atoms with Gasteiger partial charge in [0, 0.05) is 6.07 Å². The molecule has 1 unspecified atom stereocenters. The lowest BCUT2D eigenvalue weighted by Crippen LogP contribution is -2.40. The van der Waals surface area contributed by atoms with E-state index in [4.69, 9.17) is 14.6 Å². The Balaban J connectivity index is 1.75. The summed E-state index contributed by atoms with van der Waals surface area (Å²) in [6.45, 7) is 1.95.